The van der Waals surface area contributed by atoms with Crippen LogP contribution in [-0.2, 0) is 0 Å². The number of halogens is 1. The molecule has 2 aromatic rings. The summed E-state index contributed by atoms with van der Waals surface area (Å²) in [7, 11) is 0. The van der Waals surface area contributed by atoms with Gasteiger partial charge in [-0.2, -0.15) is 0 Å². The molecule has 0 spiro atoms. The summed E-state index contributed by atoms with van der Waals surface area (Å²) in [6.07, 6.45) is 0. The van der Waals surface area contributed by atoms with E-state index >= 15 is 0 Å². The first-order valence-electron chi connectivity index (χ1n) is 5.12. The lowest BCUT2D eigenvalue weighted by Gasteiger charge is -2.04. The number of nitrogens with one attached hydrogen (secondary N) is 1. The third-order valence-corrected chi connectivity index (χ3v) is 3.69. The maximum atomic E-state index is 13.1. The first-order valence-corrected chi connectivity index (χ1v) is 5.93. The van der Waals surface area contributed by atoms with Crippen LogP contribution in [0.25, 0.3) is 0 Å². The van der Waals surface area contributed by atoms with Crippen LogP contribution in [0, 0.1) is 5.82 Å². The summed E-state index contributed by atoms with van der Waals surface area (Å²) in [6, 6.07) is 11.8. The largest absolute Gasteiger partial charge is 0.321 e. The van der Waals surface area contributed by atoms with Crippen LogP contribution in [-0.4, -0.2) is 5.91 Å². The van der Waals surface area contributed by atoms with E-state index in [1.54, 1.807) is 12.1 Å². The summed E-state index contributed by atoms with van der Waals surface area (Å²) < 4.78 is 13.1. The SMILES string of the molecule is O=C1Nc2cc(F)ccc2Sc2ccccc21. The maximum absolute atomic E-state index is 13.1. The Morgan fingerprint density at radius 3 is 2.76 bits per heavy atom. The van der Waals surface area contributed by atoms with Gasteiger partial charge in [0, 0.05) is 9.79 Å². The summed E-state index contributed by atoms with van der Waals surface area (Å²) in [4.78, 5) is 13.7. The topological polar surface area (TPSA) is 29.1 Å². The fraction of sp³-hybridized carbons (Fsp3) is 0. The van der Waals surface area contributed by atoms with Crippen molar-refractivity contribution in [2.75, 3.05) is 5.32 Å². The number of anilines is 1. The Morgan fingerprint density at radius 2 is 1.88 bits per heavy atom. The molecule has 0 saturated heterocycles. The van der Waals surface area contributed by atoms with Gasteiger partial charge in [0.1, 0.15) is 5.82 Å². The van der Waals surface area contributed by atoms with Crippen molar-refractivity contribution >= 4 is 23.4 Å². The average Bonchev–Trinajstić information content (AvgIpc) is 2.46. The molecule has 3 rings (SSSR count). The minimum Gasteiger partial charge on any atom is -0.321 e. The molecule has 1 amide bonds. The quantitative estimate of drug-likeness (QED) is 0.769. The molecule has 1 heterocycles. The average molecular weight is 245 g/mol. The van der Waals surface area contributed by atoms with Gasteiger partial charge in [0.25, 0.3) is 5.91 Å². The number of hydrogen-bond acceptors (Lipinski definition) is 2. The lowest BCUT2D eigenvalue weighted by Crippen LogP contribution is -2.11. The van der Waals surface area contributed by atoms with E-state index in [1.165, 1.54) is 23.9 Å². The van der Waals surface area contributed by atoms with Crippen molar-refractivity contribution in [3.8, 4) is 0 Å². The van der Waals surface area contributed by atoms with Gasteiger partial charge in [-0.25, -0.2) is 4.39 Å². The lowest BCUT2D eigenvalue weighted by molar-refractivity contribution is 0.102. The molecule has 1 aliphatic heterocycles. The molecule has 0 aromatic heterocycles. The monoisotopic (exact) mass is 245 g/mol. The van der Waals surface area contributed by atoms with E-state index in [9.17, 15) is 9.18 Å². The van der Waals surface area contributed by atoms with Crippen LogP contribution in [0.3, 0.4) is 0 Å². The minimum atomic E-state index is -0.351. The fourth-order valence-electron chi connectivity index (χ4n) is 1.74. The first kappa shape index (κ1) is 10.4. The van der Waals surface area contributed by atoms with Gasteiger partial charge in [-0.3, -0.25) is 4.79 Å². The lowest BCUT2D eigenvalue weighted by atomic mass is 10.2. The molecule has 2 aromatic carbocycles. The zero-order chi connectivity index (χ0) is 11.8. The van der Waals surface area contributed by atoms with E-state index in [-0.39, 0.29) is 11.7 Å². The van der Waals surface area contributed by atoms with Gasteiger partial charge >= 0.3 is 0 Å². The van der Waals surface area contributed by atoms with Crippen molar-refractivity contribution in [1.82, 2.24) is 0 Å². The van der Waals surface area contributed by atoms with E-state index in [0.717, 1.165) is 9.79 Å². The van der Waals surface area contributed by atoms with Crippen molar-refractivity contribution in [3.63, 3.8) is 0 Å². The van der Waals surface area contributed by atoms with E-state index < -0.39 is 0 Å². The van der Waals surface area contributed by atoms with Gasteiger partial charge in [-0.1, -0.05) is 23.9 Å². The Balaban J connectivity index is 2.17. The number of rotatable bonds is 0. The predicted octanol–water partition coefficient (Wildman–Crippen LogP) is 3.54. The van der Waals surface area contributed by atoms with Gasteiger partial charge in [0.15, 0.2) is 0 Å². The summed E-state index contributed by atoms with van der Waals surface area (Å²) in [5.74, 6) is -0.548. The molecule has 4 heteroatoms. The summed E-state index contributed by atoms with van der Waals surface area (Å²) in [5.41, 5.74) is 1.14. The number of carbonyl (C=O) groups excluding carboxylic acids is 1. The fourth-order valence-corrected chi connectivity index (χ4v) is 2.75. The maximum Gasteiger partial charge on any atom is 0.256 e. The first-order chi connectivity index (χ1) is 8.24. The van der Waals surface area contributed by atoms with Gasteiger partial charge in [0.05, 0.1) is 11.3 Å². The van der Waals surface area contributed by atoms with E-state index in [2.05, 4.69) is 5.32 Å². The van der Waals surface area contributed by atoms with Crippen molar-refractivity contribution in [3.05, 3.63) is 53.8 Å². The molecule has 0 aliphatic carbocycles. The van der Waals surface area contributed by atoms with Gasteiger partial charge < -0.3 is 5.32 Å². The molecule has 17 heavy (non-hydrogen) atoms. The zero-order valence-electron chi connectivity index (χ0n) is 8.74. The van der Waals surface area contributed by atoms with Crippen LogP contribution in [0.4, 0.5) is 10.1 Å². The molecular formula is C13H8FNOS. The molecule has 0 radical (unpaired) electrons. The number of amides is 1. The standard InChI is InChI=1S/C13H8FNOS/c14-8-5-6-12-10(7-8)15-13(16)9-3-1-2-4-11(9)17-12/h1-7H,(H,15,16). The molecule has 1 aliphatic rings. The van der Waals surface area contributed by atoms with E-state index in [1.807, 2.05) is 18.2 Å². The van der Waals surface area contributed by atoms with Crippen LogP contribution in [0.1, 0.15) is 10.4 Å². The summed E-state index contributed by atoms with van der Waals surface area (Å²) >= 11 is 1.47. The highest BCUT2D eigenvalue weighted by atomic mass is 32.2. The highest BCUT2D eigenvalue weighted by molar-refractivity contribution is 7.99. The molecule has 0 fully saturated rings. The second-order valence-electron chi connectivity index (χ2n) is 3.69. The Kier molecular flexibility index (Phi) is 2.37. The second kappa shape index (κ2) is 3.89. The van der Waals surface area contributed by atoms with Crippen molar-refractivity contribution in [1.29, 1.82) is 0 Å². The van der Waals surface area contributed by atoms with Gasteiger partial charge in [-0.05, 0) is 30.3 Å². The molecule has 0 bridgehead atoms. The predicted molar refractivity (Wildman–Crippen MR) is 64.9 cm³/mol. The van der Waals surface area contributed by atoms with Gasteiger partial charge in [0.2, 0.25) is 0 Å². The number of carbonyl (C=O) groups is 1. The smallest absolute Gasteiger partial charge is 0.256 e. The molecule has 1 N–H and O–H groups in total. The van der Waals surface area contributed by atoms with Crippen LogP contribution >= 0.6 is 11.8 Å². The second-order valence-corrected chi connectivity index (χ2v) is 4.78. The molecule has 0 saturated carbocycles. The molecular weight excluding hydrogens is 237 g/mol. The van der Waals surface area contributed by atoms with E-state index in [4.69, 9.17) is 0 Å². The molecule has 0 atom stereocenters. The summed E-state index contributed by atoms with van der Waals surface area (Å²) in [6.45, 7) is 0. The third-order valence-electron chi connectivity index (χ3n) is 2.54. The van der Waals surface area contributed by atoms with Crippen LogP contribution in [0.5, 0.6) is 0 Å². The van der Waals surface area contributed by atoms with Crippen LogP contribution in [0.15, 0.2) is 52.3 Å². The van der Waals surface area contributed by atoms with Crippen molar-refractivity contribution in [2.45, 2.75) is 9.79 Å². The van der Waals surface area contributed by atoms with Crippen LogP contribution < -0.4 is 5.32 Å². The third kappa shape index (κ3) is 1.80. The Morgan fingerprint density at radius 1 is 1.06 bits per heavy atom. The Labute approximate surface area is 102 Å². The van der Waals surface area contributed by atoms with Crippen molar-refractivity contribution in [2.24, 2.45) is 0 Å². The molecule has 84 valence electrons. The number of benzene rings is 2. The highest BCUT2D eigenvalue weighted by Crippen LogP contribution is 2.38. The number of hydrogen-bond donors (Lipinski definition) is 1. The Hall–Kier alpha value is -1.81. The Bertz CT molecular complexity index is 612. The number of fused-ring (bicyclic) bond motifs is 2. The highest BCUT2D eigenvalue weighted by Gasteiger charge is 2.19. The van der Waals surface area contributed by atoms with Gasteiger partial charge in [-0.15, -0.1) is 0 Å². The molecule has 2 nitrogen and oxygen atoms in total. The van der Waals surface area contributed by atoms with Crippen LogP contribution in [0.2, 0.25) is 0 Å². The molecule has 0 unspecified atom stereocenters. The summed E-state index contributed by atoms with van der Waals surface area (Å²) in [5, 5.41) is 2.72. The normalized spacial score (nSPS) is 13.4. The zero-order valence-corrected chi connectivity index (χ0v) is 9.55. The van der Waals surface area contributed by atoms with Crippen molar-refractivity contribution < 1.29 is 9.18 Å². The van der Waals surface area contributed by atoms with E-state index in [0.29, 0.717) is 11.3 Å². The minimum absolute atomic E-state index is 0.197.